The lowest BCUT2D eigenvalue weighted by Gasteiger charge is -2.12. The molecule has 0 unspecified atom stereocenters. The molecule has 0 amide bonds. The molecule has 3 nitrogen and oxygen atoms in total. The van der Waals surface area contributed by atoms with Gasteiger partial charge in [-0.1, -0.05) is 70.1 Å². The molecule has 8 heteroatoms. The Balaban J connectivity index is 2.23. The third kappa shape index (κ3) is 3.85. The summed E-state index contributed by atoms with van der Waals surface area (Å²) in [6.45, 7) is -0.0327. The van der Waals surface area contributed by atoms with Crippen molar-refractivity contribution in [1.82, 2.24) is 0 Å². The van der Waals surface area contributed by atoms with Crippen LogP contribution < -0.4 is 0 Å². The summed E-state index contributed by atoms with van der Waals surface area (Å²) in [6.07, 6.45) is 0. The van der Waals surface area contributed by atoms with Gasteiger partial charge in [-0.25, -0.2) is 4.79 Å². The first kappa shape index (κ1) is 18.2. The van der Waals surface area contributed by atoms with Crippen molar-refractivity contribution in [2.24, 2.45) is 0 Å². The lowest BCUT2D eigenvalue weighted by molar-refractivity contribution is 0.0473. The van der Waals surface area contributed by atoms with E-state index >= 15 is 0 Å². The van der Waals surface area contributed by atoms with Gasteiger partial charge in [0.2, 0.25) is 0 Å². The van der Waals surface area contributed by atoms with Gasteiger partial charge in [0, 0.05) is 0 Å². The van der Waals surface area contributed by atoms with Gasteiger partial charge in [-0.2, -0.15) is 5.26 Å². The number of esters is 1. The molecule has 0 aliphatic heterocycles. The summed E-state index contributed by atoms with van der Waals surface area (Å²) in [5.74, 6) is -0.787. The van der Waals surface area contributed by atoms with Gasteiger partial charge >= 0.3 is 5.97 Å². The number of halogens is 5. The van der Waals surface area contributed by atoms with Crippen LogP contribution in [0.25, 0.3) is 0 Å². The summed E-state index contributed by atoms with van der Waals surface area (Å²) in [5.41, 5.74) is 1.04. The molecule has 0 N–H and O–H groups in total. The second kappa shape index (κ2) is 7.61. The average Bonchev–Trinajstić information content (AvgIpc) is 2.57. The number of hydrogen-bond donors (Lipinski definition) is 0. The first-order valence-electron chi connectivity index (χ1n) is 6.04. The minimum absolute atomic E-state index is 0.0327. The standard InChI is InChI=1S/C15H6Cl5NO2/c16-10-9(11(17)13(19)14(20)12(10)18)15(22)23-6-8-3-1-7(5-21)2-4-8/h1-4H,6H2. The Morgan fingerprint density at radius 1 is 0.913 bits per heavy atom. The maximum absolute atomic E-state index is 12.2. The fraction of sp³-hybridized carbons (Fsp3) is 0.0667. The van der Waals surface area contributed by atoms with Crippen molar-refractivity contribution >= 4 is 64.0 Å². The van der Waals surface area contributed by atoms with Crippen molar-refractivity contribution in [3.05, 3.63) is 66.1 Å². The van der Waals surface area contributed by atoms with Crippen LogP contribution >= 0.6 is 58.0 Å². The third-order valence-corrected chi connectivity index (χ3v) is 5.14. The summed E-state index contributed by atoms with van der Waals surface area (Å²) < 4.78 is 5.15. The number of nitriles is 1. The lowest BCUT2D eigenvalue weighted by atomic mass is 10.1. The Labute approximate surface area is 157 Å². The Hall–Kier alpha value is -1.15. The summed E-state index contributed by atoms with van der Waals surface area (Å²) in [4.78, 5) is 12.2. The molecule has 0 aliphatic rings. The highest BCUT2D eigenvalue weighted by Crippen LogP contribution is 2.44. The van der Waals surface area contributed by atoms with E-state index in [0.29, 0.717) is 11.1 Å². The van der Waals surface area contributed by atoms with Gasteiger partial charge < -0.3 is 4.74 Å². The summed E-state index contributed by atoms with van der Waals surface area (Å²) in [5, 5.41) is 8.29. The molecule has 0 saturated heterocycles. The number of carbonyl (C=O) groups is 1. The van der Waals surface area contributed by atoms with Crippen molar-refractivity contribution < 1.29 is 9.53 Å². The van der Waals surface area contributed by atoms with Crippen LogP contribution in [-0.2, 0) is 11.3 Å². The van der Waals surface area contributed by atoms with E-state index in [-0.39, 0.29) is 37.3 Å². The lowest BCUT2D eigenvalue weighted by Crippen LogP contribution is -2.08. The van der Waals surface area contributed by atoms with E-state index in [1.807, 2.05) is 6.07 Å². The molecule has 0 spiro atoms. The Morgan fingerprint density at radius 3 is 1.87 bits per heavy atom. The average molecular weight is 409 g/mol. The van der Waals surface area contributed by atoms with Gasteiger partial charge in [0.15, 0.2) is 0 Å². The molecule has 2 aromatic carbocycles. The Bertz CT molecular complexity index is 783. The molecule has 0 aromatic heterocycles. The molecule has 23 heavy (non-hydrogen) atoms. The number of carbonyl (C=O) groups excluding carboxylic acids is 1. The Kier molecular flexibility index (Phi) is 6.02. The topological polar surface area (TPSA) is 50.1 Å². The second-order valence-corrected chi connectivity index (χ2v) is 6.22. The zero-order valence-corrected chi connectivity index (χ0v) is 14.9. The van der Waals surface area contributed by atoms with Crippen molar-refractivity contribution in [2.45, 2.75) is 6.61 Å². The first-order valence-corrected chi connectivity index (χ1v) is 7.93. The molecule has 0 radical (unpaired) electrons. The maximum atomic E-state index is 12.2. The van der Waals surface area contributed by atoms with Crippen molar-refractivity contribution in [3.8, 4) is 6.07 Å². The van der Waals surface area contributed by atoms with Gasteiger partial charge in [0.25, 0.3) is 0 Å². The van der Waals surface area contributed by atoms with E-state index in [2.05, 4.69) is 0 Å². The normalized spacial score (nSPS) is 10.3. The van der Waals surface area contributed by atoms with Crippen molar-refractivity contribution in [3.63, 3.8) is 0 Å². The molecule has 2 aromatic rings. The predicted molar refractivity (Wildman–Crippen MR) is 91.8 cm³/mol. The molecule has 0 heterocycles. The van der Waals surface area contributed by atoms with E-state index in [1.165, 1.54) is 0 Å². The summed E-state index contributed by atoms with van der Waals surface area (Å²) in [7, 11) is 0. The molecular weight excluding hydrogens is 403 g/mol. The van der Waals surface area contributed by atoms with Gasteiger partial charge in [-0.15, -0.1) is 0 Å². The molecule has 0 aliphatic carbocycles. The number of rotatable bonds is 3. The summed E-state index contributed by atoms with van der Waals surface area (Å²) >= 11 is 29.7. The monoisotopic (exact) mass is 407 g/mol. The van der Waals surface area contributed by atoms with Crippen LogP contribution in [0.2, 0.25) is 25.1 Å². The largest absolute Gasteiger partial charge is 0.457 e. The quantitative estimate of drug-likeness (QED) is 0.345. The van der Waals surface area contributed by atoms with E-state index < -0.39 is 5.97 Å². The molecule has 0 bridgehead atoms. The number of hydrogen-bond acceptors (Lipinski definition) is 3. The van der Waals surface area contributed by atoms with E-state index in [1.54, 1.807) is 24.3 Å². The molecule has 118 valence electrons. The van der Waals surface area contributed by atoms with Crippen molar-refractivity contribution in [1.29, 1.82) is 5.26 Å². The number of nitrogens with zero attached hydrogens (tertiary/aromatic N) is 1. The van der Waals surface area contributed by atoms with E-state index in [4.69, 9.17) is 68.0 Å². The minimum atomic E-state index is -0.787. The summed E-state index contributed by atoms with van der Waals surface area (Å²) in [6, 6.07) is 8.54. The fourth-order valence-electron chi connectivity index (χ4n) is 1.68. The third-order valence-electron chi connectivity index (χ3n) is 2.87. The smallest absolute Gasteiger partial charge is 0.341 e. The first-order chi connectivity index (χ1) is 10.9. The van der Waals surface area contributed by atoms with Crippen LogP contribution in [0.5, 0.6) is 0 Å². The van der Waals surface area contributed by atoms with Gasteiger partial charge in [0.05, 0.1) is 42.3 Å². The van der Waals surface area contributed by atoms with E-state index in [0.717, 1.165) is 0 Å². The molecule has 0 fully saturated rings. The molecule has 2 rings (SSSR count). The van der Waals surface area contributed by atoms with Crippen LogP contribution in [0.15, 0.2) is 24.3 Å². The Morgan fingerprint density at radius 2 is 1.39 bits per heavy atom. The zero-order valence-electron chi connectivity index (χ0n) is 11.2. The minimum Gasteiger partial charge on any atom is -0.457 e. The zero-order chi connectivity index (χ0) is 17.1. The predicted octanol–water partition coefficient (Wildman–Crippen LogP) is 6.18. The highest BCUT2D eigenvalue weighted by atomic mass is 35.5. The van der Waals surface area contributed by atoms with Crippen LogP contribution in [0.4, 0.5) is 0 Å². The highest BCUT2D eigenvalue weighted by Gasteiger charge is 2.25. The van der Waals surface area contributed by atoms with Gasteiger partial charge in [0.1, 0.15) is 6.61 Å². The molecule has 0 saturated carbocycles. The highest BCUT2D eigenvalue weighted by molar-refractivity contribution is 6.56. The van der Waals surface area contributed by atoms with Gasteiger partial charge in [-0.05, 0) is 17.7 Å². The van der Waals surface area contributed by atoms with Crippen LogP contribution in [0.3, 0.4) is 0 Å². The van der Waals surface area contributed by atoms with Crippen LogP contribution in [0, 0.1) is 11.3 Å². The van der Waals surface area contributed by atoms with Gasteiger partial charge in [-0.3, -0.25) is 0 Å². The van der Waals surface area contributed by atoms with Crippen molar-refractivity contribution in [2.75, 3.05) is 0 Å². The molecular formula is C15H6Cl5NO2. The SMILES string of the molecule is N#Cc1ccc(COC(=O)c2c(Cl)c(Cl)c(Cl)c(Cl)c2Cl)cc1. The second-order valence-electron chi connectivity index (χ2n) is 4.33. The van der Waals surface area contributed by atoms with Crippen LogP contribution in [0.1, 0.15) is 21.5 Å². The fourth-order valence-corrected chi connectivity index (χ4v) is 2.97. The van der Waals surface area contributed by atoms with E-state index in [9.17, 15) is 4.79 Å². The molecule has 0 atom stereocenters. The number of benzene rings is 2. The van der Waals surface area contributed by atoms with Crippen LogP contribution in [-0.4, -0.2) is 5.97 Å². The number of ether oxygens (including phenoxy) is 1. The maximum Gasteiger partial charge on any atom is 0.341 e.